The third-order valence-corrected chi connectivity index (χ3v) is 5.12. The van der Waals surface area contributed by atoms with Crippen molar-refractivity contribution < 1.29 is 0 Å². The molecule has 1 aromatic heterocycles. The number of aryl methyl sites for hydroxylation is 1. The largest absolute Gasteiger partial charge is 0.360 e. The van der Waals surface area contributed by atoms with Crippen LogP contribution in [-0.2, 0) is 13.0 Å². The number of thioether (sulfide) groups is 1. The van der Waals surface area contributed by atoms with Crippen molar-refractivity contribution >= 4 is 28.3 Å². The van der Waals surface area contributed by atoms with Gasteiger partial charge < -0.3 is 5.32 Å². The van der Waals surface area contributed by atoms with E-state index in [0.717, 1.165) is 24.7 Å². The molecule has 1 aromatic rings. The summed E-state index contributed by atoms with van der Waals surface area (Å²) in [5.74, 6) is 0. The molecule has 1 N–H and O–H groups in total. The lowest BCUT2D eigenvalue weighted by molar-refractivity contribution is 0.754. The van der Waals surface area contributed by atoms with Crippen molar-refractivity contribution in [2.75, 3.05) is 6.54 Å². The number of nitrogens with zero attached hydrogens (tertiary/aromatic N) is 1. The maximum atomic E-state index is 4.56. The molecule has 0 aliphatic carbocycles. The van der Waals surface area contributed by atoms with E-state index in [2.05, 4.69) is 35.6 Å². The second-order valence-corrected chi connectivity index (χ2v) is 6.54. The number of amidine groups is 1. The van der Waals surface area contributed by atoms with Gasteiger partial charge in [0.1, 0.15) is 0 Å². The Kier molecular flexibility index (Phi) is 4.92. The fourth-order valence-corrected chi connectivity index (χ4v) is 4.02. The zero-order valence-corrected chi connectivity index (χ0v) is 12.2. The Balaban J connectivity index is 1.80. The topological polar surface area (TPSA) is 24.4 Å². The number of hydrogen-bond donors (Lipinski definition) is 1. The Hall–Kier alpha value is -0.480. The van der Waals surface area contributed by atoms with Crippen LogP contribution < -0.4 is 5.32 Å². The quantitative estimate of drug-likeness (QED) is 0.881. The van der Waals surface area contributed by atoms with Gasteiger partial charge in [-0.25, -0.2) is 0 Å². The molecule has 0 bridgehead atoms. The maximum Gasteiger partial charge on any atom is 0.157 e. The molecule has 0 saturated carbocycles. The Bertz CT molecular complexity index is 385. The van der Waals surface area contributed by atoms with Crippen LogP contribution in [0.5, 0.6) is 0 Å². The van der Waals surface area contributed by atoms with Gasteiger partial charge in [-0.1, -0.05) is 32.0 Å². The molecule has 94 valence electrons. The van der Waals surface area contributed by atoms with Crippen LogP contribution in [0.4, 0.5) is 0 Å². The summed E-state index contributed by atoms with van der Waals surface area (Å²) < 4.78 is 0. The van der Waals surface area contributed by atoms with Crippen LogP contribution in [0.25, 0.3) is 0 Å². The van der Waals surface area contributed by atoms with Crippen molar-refractivity contribution in [3.05, 3.63) is 21.9 Å². The van der Waals surface area contributed by atoms with E-state index in [1.807, 2.05) is 23.1 Å². The summed E-state index contributed by atoms with van der Waals surface area (Å²) >= 11 is 3.76. The zero-order valence-electron chi connectivity index (χ0n) is 10.5. The molecule has 1 aliphatic rings. The predicted octanol–water partition coefficient (Wildman–Crippen LogP) is 3.67. The zero-order chi connectivity index (χ0) is 12.1. The van der Waals surface area contributed by atoms with Gasteiger partial charge in [0.05, 0.1) is 13.1 Å². The van der Waals surface area contributed by atoms with Gasteiger partial charge in [0.15, 0.2) is 5.17 Å². The third kappa shape index (κ3) is 3.49. The molecule has 0 amide bonds. The predicted molar refractivity (Wildman–Crippen MR) is 79.1 cm³/mol. The van der Waals surface area contributed by atoms with Gasteiger partial charge in [0.2, 0.25) is 0 Å². The highest BCUT2D eigenvalue weighted by molar-refractivity contribution is 8.14. The first-order valence-electron chi connectivity index (χ1n) is 6.33. The monoisotopic (exact) mass is 268 g/mol. The number of thiophene rings is 1. The van der Waals surface area contributed by atoms with Gasteiger partial charge in [-0.2, -0.15) is 0 Å². The smallest absolute Gasteiger partial charge is 0.157 e. The van der Waals surface area contributed by atoms with E-state index in [1.165, 1.54) is 23.3 Å². The third-order valence-electron chi connectivity index (χ3n) is 2.95. The summed E-state index contributed by atoms with van der Waals surface area (Å²) in [5.41, 5.74) is 1.47. The van der Waals surface area contributed by atoms with Crippen molar-refractivity contribution in [2.45, 2.75) is 44.9 Å². The highest BCUT2D eigenvalue weighted by Gasteiger charge is 2.18. The lowest BCUT2D eigenvalue weighted by Gasteiger charge is -2.08. The Morgan fingerprint density at radius 1 is 1.47 bits per heavy atom. The minimum atomic E-state index is 0.705. The second kappa shape index (κ2) is 6.45. The molecule has 2 rings (SSSR count). The maximum absolute atomic E-state index is 4.56. The van der Waals surface area contributed by atoms with Crippen molar-refractivity contribution in [2.24, 2.45) is 4.99 Å². The van der Waals surface area contributed by atoms with Crippen LogP contribution in [0.3, 0.4) is 0 Å². The van der Waals surface area contributed by atoms with E-state index in [1.54, 1.807) is 0 Å². The van der Waals surface area contributed by atoms with E-state index >= 15 is 0 Å². The standard InChI is InChI=1S/C13H20N2S2/c1-3-5-11-8-14-13(17-11)15-9-12-10(4-2)6-7-16-12/h6-7,11H,3-5,8-9H2,1-2H3,(H,14,15). The molecular formula is C13H20N2S2. The molecule has 2 nitrogen and oxygen atoms in total. The first kappa shape index (κ1) is 13.0. The number of hydrogen-bond acceptors (Lipinski definition) is 4. The van der Waals surface area contributed by atoms with E-state index in [4.69, 9.17) is 0 Å². The van der Waals surface area contributed by atoms with Crippen molar-refractivity contribution in [1.82, 2.24) is 5.32 Å². The molecule has 1 unspecified atom stereocenters. The minimum Gasteiger partial charge on any atom is -0.360 e. The van der Waals surface area contributed by atoms with Crippen molar-refractivity contribution in [3.8, 4) is 0 Å². The Labute approximate surface area is 112 Å². The van der Waals surface area contributed by atoms with Gasteiger partial charge in [-0.15, -0.1) is 11.3 Å². The van der Waals surface area contributed by atoms with Crippen LogP contribution in [-0.4, -0.2) is 17.0 Å². The van der Waals surface area contributed by atoms with Gasteiger partial charge in [-0.05, 0) is 29.9 Å². The second-order valence-electron chi connectivity index (χ2n) is 4.25. The molecule has 0 aromatic carbocycles. The Morgan fingerprint density at radius 2 is 2.35 bits per heavy atom. The molecular weight excluding hydrogens is 248 g/mol. The normalized spacial score (nSPS) is 19.4. The summed E-state index contributed by atoms with van der Waals surface area (Å²) in [6.07, 6.45) is 3.66. The van der Waals surface area contributed by atoms with Crippen molar-refractivity contribution in [1.29, 1.82) is 0 Å². The molecule has 4 heteroatoms. The Morgan fingerprint density at radius 3 is 3.12 bits per heavy atom. The molecule has 2 heterocycles. The highest BCUT2D eigenvalue weighted by Crippen LogP contribution is 2.24. The molecule has 0 saturated heterocycles. The van der Waals surface area contributed by atoms with E-state index < -0.39 is 0 Å². The number of rotatable bonds is 5. The summed E-state index contributed by atoms with van der Waals surface area (Å²) in [6.45, 7) is 6.38. The lowest BCUT2D eigenvalue weighted by Crippen LogP contribution is -2.18. The van der Waals surface area contributed by atoms with Gasteiger partial charge in [0.25, 0.3) is 0 Å². The van der Waals surface area contributed by atoms with E-state index in [9.17, 15) is 0 Å². The lowest BCUT2D eigenvalue weighted by atomic mass is 10.2. The van der Waals surface area contributed by atoms with Crippen LogP contribution in [0.1, 0.15) is 37.1 Å². The summed E-state index contributed by atoms with van der Waals surface area (Å²) in [4.78, 5) is 6.02. The SMILES string of the molecule is CCCC1CN=C(NCc2sccc2CC)S1. The molecule has 0 fully saturated rings. The molecule has 1 aliphatic heterocycles. The molecule has 17 heavy (non-hydrogen) atoms. The highest BCUT2D eigenvalue weighted by atomic mass is 32.2. The van der Waals surface area contributed by atoms with E-state index in [0.29, 0.717) is 5.25 Å². The average Bonchev–Trinajstić information content (AvgIpc) is 2.95. The van der Waals surface area contributed by atoms with Crippen LogP contribution >= 0.6 is 23.1 Å². The van der Waals surface area contributed by atoms with E-state index in [-0.39, 0.29) is 0 Å². The summed E-state index contributed by atoms with van der Waals surface area (Å²) in [6, 6.07) is 2.23. The summed E-state index contributed by atoms with van der Waals surface area (Å²) in [5, 5.41) is 7.49. The van der Waals surface area contributed by atoms with Crippen molar-refractivity contribution in [3.63, 3.8) is 0 Å². The fourth-order valence-electron chi connectivity index (χ4n) is 1.98. The molecule has 0 spiro atoms. The average molecular weight is 268 g/mol. The first-order valence-corrected chi connectivity index (χ1v) is 8.09. The van der Waals surface area contributed by atoms with Gasteiger partial charge in [0, 0.05) is 10.1 Å². The minimum absolute atomic E-state index is 0.705. The summed E-state index contributed by atoms with van der Waals surface area (Å²) in [7, 11) is 0. The molecule has 0 radical (unpaired) electrons. The van der Waals surface area contributed by atoms with Gasteiger partial charge in [-0.3, -0.25) is 4.99 Å². The van der Waals surface area contributed by atoms with Crippen LogP contribution in [0.2, 0.25) is 0 Å². The van der Waals surface area contributed by atoms with Gasteiger partial charge >= 0.3 is 0 Å². The fraction of sp³-hybridized carbons (Fsp3) is 0.615. The number of nitrogens with one attached hydrogen (secondary N) is 1. The molecule has 1 atom stereocenters. The first-order chi connectivity index (χ1) is 8.33. The van der Waals surface area contributed by atoms with Crippen LogP contribution in [0.15, 0.2) is 16.4 Å². The number of aliphatic imine (C=N–C) groups is 1. The van der Waals surface area contributed by atoms with Crippen LogP contribution in [0, 0.1) is 0 Å².